The van der Waals surface area contributed by atoms with E-state index in [1.807, 2.05) is 11.3 Å². The molecule has 100 valence electrons. The fourth-order valence-electron chi connectivity index (χ4n) is 2.85. The molecule has 0 spiro atoms. The zero-order valence-electron chi connectivity index (χ0n) is 11.6. The Bertz CT molecular complexity index is 424. The summed E-state index contributed by atoms with van der Waals surface area (Å²) in [6, 6.07) is 0.866. The van der Waals surface area contributed by atoms with Crippen molar-refractivity contribution >= 4 is 11.3 Å². The molecule has 0 radical (unpaired) electrons. The minimum absolute atomic E-state index is 0.112. The van der Waals surface area contributed by atoms with Gasteiger partial charge < -0.3 is 5.32 Å². The van der Waals surface area contributed by atoms with E-state index in [2.05, 4.69) is 36.5 Å². The largest absolute Gasteiger partial charge is 0.307 e. The zero-order valence-corrected chi connectivity index (χ0v) is 12.4. The first-order valence-corrected chi connectivity index (χ1v) is 7.91. The molecule has 2 aliphatic rings. The average Bonchev–Trinajstić information content (AvgIpc) is 2.94. The first-order valence-electron chi connectivity index (χ1n) is 7.03. The number of likely N-dealkylation sites (tertiary alicyclic amines) is 1. The van der Waals surface area contributed by atoms with Gasteiger partial charge in [-0.05, 0) is 32.2 Å². The number of hydrogen-bond donors (Lipinski definition) is 1. The second-order valence-corrected chi connectivity index (χ2v) is 6.87. The van der Waals surface area contributed by atoms with Gasteiger partial charge in [0.25, 0.3) is 0 Å². The molecule has 4 heteroatoms. The molecule has 1 N–H and O–H groups in total. The summed E-state index contributed by atoms with van der Waals surface area (Å²) in [7, 11) is 2.09. The van der Waals surface area contributed by atoms with Gasteiger partial charge >= 0.3 is 0 Å². The lowest BCUT2D eigenvalue weighted by Crippen LogP contribution is -2.43. The van der Waals surface area contributed by atoms with E-state index in [9.17, 15) is 0 Å². The van der Waals surface area contributed by atoms with Crippen molar-refractivity contribution in [3.63, 3.8) is 0 Å². The Balaban J connectivity index is 1.82. The molecule has 3 nitrogen and oxygen atoms in total. The lowest BCUT2D eigenvalue weighted by atomic mass is 10.00. The summed E-state index contributed by atoms with van der Waals surface area (Å²) in [5.41, 5.74) is 1.36. The van der Waals surface area contributed by atoms with Crippen LogP contribution < -0.4 is 5.32 Å². The minimum atomic E-state index is 0.112. The smallest absolute Gasteiger partial charge is 0.114 e. The molecular weight excluding hydrogens is 242 g/mol. The summed E-state index contributed by atoms with van der Waals surface area (Å²) >= 11 is 1.83. The van der Waals surface area contributed by atoms with E-state index in [1.54, 1.807) is 0 Å². The van der Waals surface area contributed by atoms with E-state index in [1.165, 1.54) is 36.5 Å². The number of thiazole rings is 1. The lowest BCUT2D eigenvalue weighted by molar-refractivity contribution is 0.283. The van der Waals surface area contributed by atoms with Gasteiger partial charge in [0.05, 0.1) is 11.2 Å². The van der Waals surface area contributed by atoms with Crippen LogP contribution in [0, 0.1) is 0 Å². The molecule has 1 aliphatic heterocycles. The SMILES string of the molecule is CNC1(c2nc(C(C)C)cs2)CCN(C2CC2)C1. The fraction of sp³-hybridized carbons (Fsp3) is 0.786. The van der Waals surface area contributed by atoms with Crippen LogP contribution in [0.3, 0.4) is 0 Å². The van der Waals surface area contributed by atoms with Crippen molar-refractivity contribution in [3.05, 3.63) is 16.1 Å². The molecule has 1 aromatic rings. The molecule has 0 amide bonds. The Morgan fingerprint density at radius 3 is 2.83 bits per heavy atom. The number of likely N-dealkylation sites (N-methyl/N-ethyl adjacent to an activating group) is 1. The van der Waals surface area contributed by atoms with E-state index >= 15 is 0 Å². The summed E-state index contributed by atoms with van der Waals surface area (Å²) in [6.07, 6.45) is 3.99. The van der Waals surface area contributed by atoms with E-state index in [4.69, 9.17) is 4.98 Å². The maximum absolute atomic E-state index is 4.88. The number of hydrogen-bond acceptors (Lipinski definition) is 4. The van der Waals surface area contributed by atoms with Gasteiger partial charge in [0.2, 0.25) is 0 Å². The highest BCUT2D eigenvalue weighted by Crippen LogP contribution is 2.39. The molecule has 18 heavy (non-hydrogen) atoms. The van der Waals surface area contributed by atoms with Crippen molar-refractivity contribution in [3.8, 4) is 0 Å². The molecule has 3 rings (SSSR count). The summed E-state index contributed by atoms with van der Waals surface area (Å²) in [6.45, 7) is 6.80. The van der Waals surface area contributed by atoms with Crippen LogP contribution in [0.15, 0.2) is 5.38 Å². The van der Waals surface area contributed by atoms with Crippen molar-refractivity contribution in [2.24, 2.45) is 0 Å². The summed E-state index contributed by atoms with van der Waals surface area (Å²) in [4.78, 5) is 7.52. The van der Waals surface area contributed by atoms with E-state index in [0.29, 0.717) is 5.92 Å². The topological polar surface area (TPSA) is 28.2 Å². The highest BCUT2D eigenvalue weighted by atomic mass is 32.1. The predicted octanol–water partition coefficient (Wildman–Crippen LogP) is 2.55. The normalized spacial score (nSPS) is 29.3. The van der Waals surface area contributed by atoms with Crippen LogP contribution in [0.1, 0.15) is 49.7 Å². The second kappa shape index (κ2) is 4.58. The van der Waals surface area contributed by atoms with Gasteiger partial charge in [-0.25, -0.2) is 4.98 Å². The van der Waals surface area contributed by atoms with Crippen LogP contribution in [-0.4, -0.2) is 36.1 Å². The van der Waals surface area contributed by atoms with Crippen LogP contribution in [-0.2, 0) is 5.54 Å². The molecule has 1 aromatic heterocycles. The standard InChI is InChI=1S/C14H23N3S/c1-10(2)12-8-18-13(16-12)14(15-3)6-7-17(9-14)11-4-5-11/h8,10-11,15H,4-7,9H2,1-3H3. The number of nitrogens with zero attached hydrogens (tertiary/aromatic N) is 2. The first-order chi connectivity index (χ1) is 8.64. The van der Waals surface area contributed by atoms with Gasteiger partial charge in [-0.2, -0.15) is 0 Å². The molecule has 1 unspecified atom stereocenters. The first kappa shape index (κ1) is 12.6. The third kappa shape index (κ3) is 2.10. The van der Waals surface area contributed by atoms with E-state index < -0.39 is 0 Å². The summed E-state index contributed by atoms with van der Waals surface area (Å²) < 4.78 is 0. The maximum Gasteiger partial charge on any atom is 0.114 e. The monoisotopic (exact) mass is 265 g/mol. The van der Waals surface area contributed by atoms with Crippen molar-refractivity contribution < 1.29 is 0 Å². The number of nitrogens with one attached hydrogen (secondary N) is 1. The van der Waals surface area contributed by atoms with Crippen LogP contribution in [0.2, 0.25) is 0 Å². The molecule has 0 aromatic carbocycles. The van der Waals surface area contributed by atoms with Gasteiger partial charge in [0, 0.05) is 24.5 Å². The Morgan fingerprint density at radius 1 is 1.50 bits per heavy atom. The number of aromatic nitrogens is 1. The third-order valence-corrected chi connectivity index (χ3v) is 5.43. The van der Waals surface area contributed by atoms with E-state index in [0.717, 1.165) is 12.6 Å². The van der Waals surface area contributed by atoms with Gasteiger partial charge in [0.1, 0.15) is 5.01 Å². The Kier molecular flexibility index (Phi) is 3.20. The second-order valence-electron chi connectivity index (χ2n) is 6.02. The van der Waals surface area contributed by atoms with E-state index in [-0.39, 0.29) is 5.54 Å². The van der Waals surface area contributed by atoms with Crippen LogP contribution in [0.5, 0.6) is 0 Å². The molecule has 1 atom stereocenters. The summed E-state index contributed by atoms with van der Waals surface area (Å²) in [5, 5.41) is 7.09. The van der Waals surface area contributed by atoms with Crippen LogP contribution in [0.4, 0.5) is 0 Å². The van der Waals surface area contributed by atoms with Gasteiger partial charge in [-0.15, -0.1) is 11.3 Å². The molecular formula is C14H23N3S. The van der Waals surface area contributed by atoms with Gasteiger partial charge in [-0.3, -0.25) is 4.90 Å². The molecule has 2 fully saturated rings. The Morgan fingerprint density at radius 2 is 2.28 bits per heavy atom. The molecule has 1 aliphatic carbocycles. The van der Waals surface area contributed by atoms with Crippen molar-refractivity contribution in [2.75, 3.05) is 20.1 Å². The zero-order chi connectivity index (χ0) is 12.8. The van der Waals surface area contributed by atoms with Gasteiger partial charge in [-0.1, -0.05) is 13.8 Å². The predicted molar refractivity (Wildman–Crippen MR) is 76.2 cm³/mol. The maximum atomic E-state index is 4.88. The lowest BCUT2D eigenvalue weighted by Gasteiger charge is -2.27. The van der Waals surface area contributed by atoms with Crippen molar-refractivity contribution in [2.45, 2.75) is 50.6 Å². The van der Waals surface area contributed by atoms with Crippen LogP contribution >= 0.6 is 11.3 Å². The molecule has 1 saturated carbocycles. The van der Waals surface area contributed by atoms with Gasteiger partial charge in [0.15, 0.2) is 0 Å². The minimum Gasteiger partial charge on any atom is -0.307 e. The average molecular weight is 265 g/mol. The molecule has 2 heterocycles. The van der Waals surface area contributed by atoms with Crippen LogP contribution in [0.25, 0.3) is 0 Å². The van der Waals surface area contributed by atoms with Crippen molar-refractivity contribution in [1.82, 2.24) is 15.2 Å². The highest BCUT2D eigenvalue weighted by Gasteiger charge is 2.45. The quantitative estimate of drug-likeness (QED) is 0.907. The highest BCUT2D eigenvalue weighted by molar-refractivity contribution is 7.09. The molecule has 0 bridgehead atoms. The number of rotatable bonds is 4. The Hall–Kier alpha value is -0.450. The third-order valence-electron chi connectivity index (χ3n) is 4.36. The Labute approximate surface area is 114 Å². The summed E-state index contributed by atoms with van der Waals surface area (Å²) in [5.74, 6) is 0.532. The van der Waals surface area contributed by atoms with Crippen molar-refractivity contribution in [1.29, 1.82) is 0 Å². The molecule has 1 saturated heterocycles. The fourth-order valence-corrected chi connectivity index (χ4v) is 4.06.